The second-order valence-corrected chi connectivity index (χ2v) is 7.90. The van der Waals surface area contributed by atoms with Gasteiger partial charge in [-0.1, -0.05) is 11.6 Å². The number of carbonyl (C=O) groups excluding carboxylic acids is 1. The number of hydrogen-bond donors (Lipinski definition) is 2. The van der Waals surface area contributed by atoms with Crippen molar-refractivity contribution in [2.24, 2.45) is 0 Å². The third-order valence-electron chi connectivity index (χ3n) is 5.44. The summed E-state index contributed by atoms with van der Waals surface area (Å²) >= 11 is 6.22. The highest BCUT2D eigenvalue weighted by Crippen LogP contribution is 2.31. The summed E-state index contributed by atoms with van der Waals surface area (Å²) in [7, 11) is 0. The molecule has 150 valence electrons. The van der Waals surface area contributed by atoms with Crippen molar-refractivity contribution >= 4 is 35.6 Å². The lowest BCUT2D eigenvalue weighted by Crippen LogP contribution is -2.60. The van der Waals surface area contributed by atoms with E-state index in [-0.39, 0.29) is 18.0 Å². The van der Waals surface area contributed by atoms with E-state index in [0.717, 1.165) is 36.8 Å². The molecule has 0 saturated carbocycles. The molecule has 4 rings (SSSR count). The van der Waals surface area contributed by atoms with Crippen molar-refractivity contribution in [3.63, 3.8) is 0 Å². The molecule has 3 heterocycles. The van der Waals surface area contributed by atoms with Crippen LogP contribution in [0.25, 0.3) is 0 Å². The molecule has 3 saturated heterocycles. The van der Waals surface area contributed by atoms with Crippen LogP contribution in [-0.4, -0.2) is 73.0 Å². The van der Waals surface area contributed by atoms with Gasteiger partial charge in [0.05, 0.1) is 29.7 Å². The van der Waals surface area contributed by atoms with Gasteiger partial charge in [0.25, 0.3) is 11.8 Å². The first-order valence-corrected chi connectivity index (χ1v) is 9.47. The smallest absolute Gasteiger partial charge is 0.282 e. The third kappa shape index (κ3) is 4.47. The summed E-state index contributed by atoms with van der Waals surface area (Å²) in [5.41, 5.74) is 1.13. The molecule has 3 aliphatic heterocycles. The Morgan fingerprint density at radius 3 is 2.48 bits per heavy atom. The Morgan fingerprint density at radius 2 is 1.89 bits per heavy atom. The highest BCUT2D eigenvalue weighted by molar-refractivity contribution is 6.34. The Hall–Kier alpha value is -1.15. The molecule has 0 unspecified atom stereocenters. The molecule has 1 amide bonds. The number of hydrogen-bond acceptors (Lipinski definition) is 4. The molecule has 1 aromatic carbocycles. The number of nitrogens with zero attached hydrogens (tertiary/aromatic N) is 2. The van der Waals surface area contributed by atoms with E-state index in [1.54, 1.807) is 18.2 Å². The molecule has 0 aliphatic carbocycles. The second kappa shape index (κ2) is 8.07. The van der Waals surface area contributed by atoms with Gasteiger partial charge in [0, 0.05) is 24.8 Å². The van der Waals surface area contributed by atoms with Gasteiger partial charge in [-0.05, 0) is 44.1 Å². The lowest BCUT2D eigenvalue weighted by Gasteiger charge is -2.46. The number of rotatable bonds is 4. The molecule has 9 heteroatoms. The zero-order valence-electron chi connectivity index (χ0n) is 14.9. The van der Waals surface area contributed by atoms with Crippen LogP contribution < -0.4 is 10.6 Å². The average molecular weight is 421 g/mol. The summed E-state index contributed by atoms with van der Waals surface area (Å²) in [6, 6.07) is 6.17. The Kier molecular flexibility index (Phi) is 6.15. The number of alkyl halides is 2. The molecule has 0 aromatic heterocycles. The molecule has 5 nitrogen and oxygen atoms in total. The van der Waals surface area contributed by atoms with E-state index in [1.165, 1.54) is 12.8 Å². The van der Waals surface area contributed by atoms with Crippen LogP contribution in [0.15, 0.2) is 18.2 Å². The minimum absolute atomic E-state index is 0. The van der Waals surface area contributed by atoms with Gasteiger partial charge in [0.1, 0.15) is 0 Å². The number of benzene rings is 1. The van der Waals surface area contributed by atoms with Gasteiger partial charge in [-0.2, -0.15) is 0 Å². The van der Waals surface area contributed by atoms with Crippen molar-refractivity contribution in [2.45, 2.75) is 30.8 Å². The van der Waals surface area contributed by atoms with E-state index < -0.39 is 24.9 Å². The number of anilines is 1. The van der Waals surface area contributed by atoms with Crippen molar-refractivity contribution in [2.75, 3.05) is 44.6 Å². The fourth-order valence-corrected chi connectivity index (χ4v) is 4.18. The highest BCUT2D eigenvalue weighted by atomic mass is 35.5. The van der Waals surface area contributed by atoms with E-state index in [1.807, 2.05) is 0 Å². The van der Waals surface area contributed by atoms with E-state index in [4.69, 9.17) is 11.6 Å². The Morgan fingerprint density at radius 1 is 1.22 bits per heavy atom. The molecule has 0 radical (unpaired) electrons. The Labute approximate surface area is 168 Å². The Bertz CT molecular complexity index is 686. The van der Waals surface area contributed by atoms with Crippen LogP contribution in [0, 0.1) is 0 Å². The first kappa shape index (κ1) is 20.6. The molecule has 0 spiro atoms. The molecular weight excluding hydrogens is 397 g/mol. The quantitative estimate of drug-likeness (QED) is 0.785. The molecule has 1 aromatic rings. The summed E-state index contributed by atoms with van der Waals surface area (Å²) in [5, 5.41) is 7.11. The van der Waals surface area contributed by atoms with Crippen LogP contribution in [0.2, 0.25) is 5.02 Å². The van der Waals surface area contributed by atoms with E-state index in [0.29, 0.717) is 17.1 Å². The molecule has 3 aliphatic rings. The summed E-state index contributed by atoms with van der Waals surface area (Å²) in [6.07, 6.45) is 2.40. The summed E-state index contributed by atoms with van der Waals surface area (Å²) < 4.78 is 25.9. The number of likely N-dealkylation sites (tertiary alicyclic amines) is 2. The van der Waals surface area contributed by atoms with Gasteiger partial charge in [0.2, 0.25) is 0 Å². The van der Waals surface area contributed by atoms with Crippen LogP contribution in [0.5, 0.6) is 0 Å². The zero-order valence-corrected chi connectivity index (χ0v) is 16.5. The van der Waals surface area contributed by atoms with Gasteiger partial charge in [-0.15, -0.1) is 12.4 Å². The monoisotopic (exact) mass is 420 g/mol. The fourth-order valence-electron chi connectivity index (χ4n) is 3.91. The van der Waals surface area contributed by atoms with Gasteiger partial charge in [0.15, 0.2) is 0 Å². The van der Waals surface area contributed by atoms with Crippen LogP contribution in [0.3, 0.4) is 0 Å². The predicted octanol–water partition coefficient (Wildman–Crippen LogP) is 2.70. The Balaban J connectivity index is 0.00000210. The van der Waals surface area contributed by atoms with Crippen LogP contribution in [0.4, 0.5) is 14.5 Å². The van der Waals surface area contributed by atoms with Crippen molar-refractivity contribution in [1.82, 2.24) is 15.1 Å². The van der Waals surface area contributed by atoms with Gasteiger partial charge < -0.3 is 15.5 Å². The maximum absolute atomic E-state index is 12.9. The SMILES string of the molecule is Cl.O=C(c1ccc(NC2CN(C3CCNCC3)C2)cc1Cl)N1CC(F)(F)C1. The molecule has 27 heavy (non-hydrogen) atoms. The summed E-state index contributed by atoms with van der Waals surface area (Å²) in [4.78, 5) is 15.9. The number of carbonyl (C=O) groups is 1. The van der Waals surface area contributed by atoms with Crippen molar-refractivity contribution in [3.05, 3.63) is 28.8 Å². The van der Waals surface area contributed by atoms with Crippen molar-refractivity contribution in [1.29, 1.82) is 0 Å². The van der Waals surface area contributed by atoms with Gasteiger partial charge >= 0.3 is 0 Å². The van der Waals surface area contributed by atoms with Crippen molar-refractivity contribution in [3.8, 4) is 0 Å². The standard InChI is InChI=1S/C18H23ClF2N4O.ClH/c19-16-7-12(1-2-15(16)17(26)25-10-18(20,21)11-25)23-13-8-24(9-13)14-3-5-22-6-4-14;/h1-2,7,13-14,22-23H,3-6,8-11H2;1H. The van der Waals surface area contributed by atoms with E-state index >= 15 is 0 Å². The van der Waals surface area contributed by atoms with Gasteiger partial charge in [-0.3, -0.25) is 9.69 Å². The first-order valence-electron chi connectivity index (χ1n) is 9.09. The van der Waals surface area contributed by atoms with E-state index in [9.17, 15) is 13.6 Å². The molecule has 3 fully saturated rings. The fraction of sp³-hybridized carbons (Fsp3) is 0.611. The van der Waals surface area contributed by atoms with Gasteiger partial charge in [-0.25, -0.2) is 8.78 Å². The topological polar surface area (TPSA) is 47.6 Å². The number of nitrogens with one attached hydrogen (secondary N) is 2. The number of halogens is 4. The number of amides is 1. The van der Waals surface area contributed by atoms with Crippen LogP contribution >= 0.6 is 24.0 Å². The highest BCUT2D eigenvalue weighted by Gasteiger charge is 2.46. The maximum Gasteiger partial charge on any atom is 0.282 e. The number of piperidine rings is 1. The molecule has 0 bridgehead atoms. The third-order valence-corrected chi connectivity index (χ3v) is 5.75. The first-order chi connectivity index (χ1) is 12.4. The van der Waals surface area contributed by atoms with E-state index in [2.05, 4.69) is 15.5 Å². The average Bonchev–Trinajstić information content (AvgIpc) is 2.56. The maximum atomic E-state index is 12.9. The molecule has 2 N–H and O–H groups in total. The zero-order chi connectivity index (χ0) is 18.3. The molecule has 0 atom stereocenters. The largest absolute Gasteiger partial charge is 0.380 e. The molecular formula is C18H24Cl2F2N4O. The van der Waals surface area contributed by atoms with Crippen LogP contribution in [0.1, 0.15) is 23.2 Å². The summed E-state index contributed by atoms with van der Waals surface area (Å²) in [5.74, 6) is -3.21. The normalized spacial score (nSPS) is 23.1. The van der Waals surface area contributed by atoms with Crippen LogP contribution in [-0.2, 0) is 0 Å². The summed E-state index contributed by atoms with van der Waals surface area (Å²) in [6.45, 7) is 3.13. The minimum Gasteiger partial charge on any atom is -0.380 e. The lowest BCUT2D eigenvalue weighted by molar-refractivity contribution is -0.113. The minimum atomic E-state index is -2.77. The van der Waals surface area contributed by atoms with Crippen molar-refractivity contribution < 1.29 is 13.6 Å². The predicted molar refractivity (Wildman–Crippen MR) is 104 cm³/mol. The lowest BCUT2D eigenvalue weighted by atomic mass is 9.98. The second-order valence-electron chi connectivity index (χ2n) is 7.49.